The number of aromatic nitrogens is 3. The number of benzene rings is 5. The molecule has 0 aliphatic heterocycles. The van der Waals surface area contributed by atoms with Gasteiger partial charge in [0, 0.05) is 29.1 Å². The minimum Gasteiger partial charge on any atom is -0.264 e. The lowest BCUT2D eigenvalue weighted by molar-refractivity contribution is 0.979. The molecular formula is C47H35N3. The molecule has 0 saturated heterocycles. The highest BCUT2D eigenvalue weighted by Gasteiger charge is 2.12. The van der Waals surface area contributed by atoms with Gasteiger partial charge in [0.05, 0.1) is 11.4 Å². The third-order valence-electron chi connectivity index (χ3n) is 9.22. The van der Waals surface area contributed by atoms with Crippen molar-refractivity contribution in [1.29, 1.82) is 0 Å². The molecule has 3 nitrogen and oxygen atoms in total. The summed E-state index contributed by atoms with van der Waals surface area (Å²) < 4.78 is 0. The standard InChI is InChI=1S/C47H35N3/c1-33(34-14-3-2-4-15-34)13-5-7-20-41-31-46(39-18-11-17-37(29-39)40-19-12-28-48-32-40)50-47(49-41)36-26-24-35(25-27-36)45-30-38-16-6-8-21-42(38)43-22-9-10-23-44(43)45/h2-3,5-14,16-32H,1,4,15H2/b13-5-,20-7+. The molecular weight excluding hydrogens is 607 g/mol. The molecule has 0 atom stereocenters. The van der Waals surface area contributed by atoms with E-state index in [9.17, 15) is 0 Å². The van der Waals surface area contributed by atoms with E-state index in [4.69, 9.17) is 9.97 Å². The van der Waals surface area contributed by atoms with Gasteiger partial charge < -0.3 is 0 Å². The van der Waals surface area contributed by atoms with Gasteiger partial charge in [-0.25, -0.2) is 9.97 Å². The zero-order valence-electron chi connectivity index (χ0n) is 27.7. The number of rotatable bonds is 8. The molecule has 1 aliphatic rings. The van der Waals surface area contributed by atoms with Crippen LogP contribution >= 0.6 is 0 Å². The van der Waals surface area contributed by atoms with Crippen LogP contribution in [0.2, 0.25) is 0 Å². The molecule has 238 valence electrons. The van der Waals surface area contributed by atoms with E-state index in [0.29, 0.717) is 5.82 Å². The number of allylic oxidation sites excluding steroid dienone is 8. The molecule has 0 amide bonds. The van der Waals surface area contributed by atoms with Crippen LogP contribution in [0.25, 0.3) is 72.5 Å². The maximum Gasteiger partial charge on any atom is 0.160 e. The fourth-order valence-electron chi connectivity index (χ4n) is 6.61. The van der Waals surface area contributed by atoms with Crippen molar-refractivity contribution in [1.82, 2.24) is 15.0 Å². The summed E-state index contributed by atoms with van der Waals surface area (Å²) >= 11 is 0. The molecule has 0 fully saturated rings. The lowest BCUT2D eigenvalue weighted by Crippen LogP contribution is -1.96. The summed E-state index contributed by atoms with van der Waals surface area (Å²) in [4.78, 5) is 14.5. The summed E-state index contributed by atoms with van der Waals surface area (Å²) in [5, 5.41) is 5.00. The zero-order chi connectivity index (χ0) is 33.7. The second kappa shape index (κ2) is 14.0. The number of hydrogen-bond acceptors (Lipinski definition) is 3. The molecule has 1 aliphatic carbocycles. The van der Waals surface area contributed by atoms with E-state index in [1.165, 1.54) is 32.7 Å². The van der Waals surface area contributed by atoms with Crippen molar-refractivity contribution in [2.24, 2.45) is 0 Å². The fraction of sp³-hybridized carbons (Fsp3) is 0.0426. The monoisotopic (exact) mass is 641 g/mol. The van der Waals surface area contributed by atoms with Crippen molar-refractivity contribution >= 4 is 27.6 Å². The van der Waals surface area contributed by atoms with Gasteiger partial charge in [-0.15, -0.1) is 0 Å². The molecule has 0 spiro atoms. The minimum absolute atomic E-state index is 0.677. The SMILES string of the molecule is C=C(/C=C\C=C\c1cc(-c2cccc(-c3cccnc3)c2)nc(-c2ccc(-c3cc4ccccc4c4ccccc34)cc2)n1)C1=CC=CCC1. The molecule has 2 aromatic heterocycles. The van der Waals surface area contributed by atoms with Crippen LogP contribution in [0.1, 0.15) is 18.5 Å². The normalized spacial score (nSPS) is 13.0. The van der Waals surface area contributed by atoms with Crippen molar-refractivity contribution in [3.05, 3.63) is 194 Å². The van der Waals surface area contributed by atoms with Crippen LogP contribution in [-0.2, 0) is 0 Å². The van der Waals surface area contributed by atoms with Crippen molar-refractivity contribution in [2.75, 3.05) is 0 Å². The topological polar surface area (TPSA) is 38.7 Å². The predicted octanol–water partition coefficient (Wildman–Crippen LogP) is 12.2. The highest BCUT2D eigenvalue weighted by atomic mass is 14.9. The van der Waals surface area contributed by atoms with Gasteiger partial charge in [-0.1, -0.05) is 140 Å². The lowest BCUT2D eigenvalue weighted by Gasteiger charge is -2.12. The summed E-state index contributed by atoms with van der Waals surface area (Å²) in [7, 11) is 0. The summed E-state index contributed by atoms with van der Waals surface area (Å²) in [6, 6.07) is 42.7. The van der Waals surface area contributed by atoms with Crippen molar-refractivity contribution < 1.29 is 0 Å². The van der Waals surface area contributed by atoms with E-state index in [2.05, 4.69) is 151 Å². The van der Waals surface area contributed by atoms with Crippen molar-refractivity contribution in [3.63, 3.8) is 0 Å². The largest absolute Gasteiger partial charge is 0.264 e. The Labute approximate surface area is 293 Å². The highest BCUT2D eigenvalue weighted by Crippen LogP contribution is 2.36. The molecule has 3 heteroatoms. The molecule has 0 saturated carbocycles. The Balaban J connectivity index is 1.17. The molecule has 0 radical (unpaired) electrons. The van der Waals surface area contributed by atoms with Gasteiger partial charge in [-0.3, -0.25) is 4.98 Å². The first-order valence-electron chi connectivity index (χ1n) is 17.0. The third-order valence-corrected chi connectivity index (χ3v) is 9.22. The average Bonchev–Trinajstić information content (AvgIpc) is 3.20. The van der Waals surface area contributed by atoms with Gasteiger partial charge in [0.2, 0.25) is 0 Å². The summed E-state index contributed by atoms with van der Waals surface area (Å²) in [6.07, 6.45) is 20.4. The smallest absolute Gasteiger partial charge is 0.160 e. The molecule has 0 N–H and O–H groups in total. The van der Waals surface area contributed by atoms with E-state index >= 15 is 0 Å². The fourth-order valence-corrected chi connectivity index (χ4v) is 6.61. The maximum absolute atomic E-state index is 5.11. The molecule has 0 bridgehead atoms. The van der Waals surface area contributed by atoms with Gasteiger partial charge in [0.15, 0.2) is 5.82 Å². The van der Waals surface area contributed by atoms with Gasteiger partial charge >= 0.3 is 0 Å². The zero-order valence-corrected chi connectivity index (χ0v) is 27.7. The van der Waals surface area contributed by atoms with Crippen LogP contribution in [0, 0.1) is 0 Å². The van der Waals surface area contributed by atoms with Gasteiger partial charge in [-0.2, -0.15) is 0 Å². The van der Waals surface area contributed by atoms with Gasteiger partial charge in [0.1, 0.15) is 0 Å². The van der Waals surface area contributed by atoms with Crippen molar-refractivity contribution in [3.8, 4) is 44.9 Å². The van der Waals surface area contributed by atoms with Crippen LogP contribution in [0.4, 0.5) is 0 Å². The van der Waals surface area contributed by atoms with Crippen LogP contribution in [0.5, 0.6) is 0 Å². The second-order valence-corrected chi connectivity index (χ2v) is 12.5. The minimum atomic E-state index is 0.677. The summed E-state index contributed by atoms with van der Waals surface area (Å²) in [6.45, 7) is 4.27. The summed E-state index contributed by atoms with van der Waals surface area (Å²) in [5.74, 6) is 0.677. The quantitative estimate of drug-likeness (QED) is 0.122. The first kappa shape index (κ1) is 30.9. The molecule has 7 aromatic rings. The van der Waals surface area contributed by atoms with E-state index in [1.54, 1.807) is 6.20 Å². The molecule has 50 heavy (non-hydrogen) atoms. The third kappa shape index (κ3) is 6.50. The van der Waals surface area contributed by atoms with Crippen LogP contribution in [0.15, 0.2) is 188 Å². The lowest BCUT2D eigenvalue weighted by atomic mass is 9.93. The van der Waals surface area contributed by atoms with Gasteiger partial charge in [-0.05, 0) is 92.6 Å². The van der Waals surface area contributed by atoms with Gasteiger partial charge in [0.25, 0.3) is 0 Å². The van der Waals surface area contributed by atoms with Crippen LogP contribution in [0.3, 0.4) is 0 Å². The number of hydrogen-bond donors (Lipinski definition) is 0. The molecule has 0 unspecified atom stereocenters. The first-order valence-corrected chi connectivity index (χ1v) is 17.0. The van der Waals surface area contributed by atoms with Crippen molar-refractivity contribution in [2.45, 2.75) is 12.8 Å². The van der Waals surface area contributed by atoms with E-state index in [1.807, 2.05) is 30.5 Å². The second-order valence-electron chi connectivity index (χ2n) is 12.5. The maximum atomic E-state index is 5.11. The Hall–Kier alpha value is -6.45. The Kier molecular flexibility index (Phi) is 8.61. The molecule has 2 heterocycles. The molecule has 8 rings (SSSR count). The number of pyridine rings is 1. The van der Waals surface area contributed by atoms with E-state index < -0.39 is 0 Å². The average molecular weight is 642 g/mol. The van der Waals surface area contributed by atoms with Crippen LogP contribution in [-0.4, -0.2) is 15.0 Å². The number of nitrogens with zero attached hydrogens (tertiary/aromatic N) is 3. The van der Waals surface area contributed by atoms with E-state index in [-0.39, 0.29) is 0 Å². The Morgan fingerprint density at radius 1 is 0.640 bits per heavy atom. The Morgan fingerprint density at radius 2 is 1.42 bits per heavy atom. The van der Waals surface area contributed by atoms with Crippen LogP contribution < -0.4 is 0 Å². The summed E-state index contributed by atoms with van der Waals surface area (Å²) in [5.41, 5.74) is 10.5. The number of fused-ring (bicyclic) bond motifs is 3. The Morgan fingerprint density at radius 3 is 2.24 bits per heavy atom. The van der Waals surface area contributed by atoms with E-state index in [0.717, 1.165) is 57.6 Å². The molecule has 5 aromatic carbocycles. The Bertz CT molecular complexity index is 2480. The predicted molar refractivity (Wildman–Crippen MR) is 210 cm³/mol. The first-order chi connectivity index (χ1) is 24.7. The highest BCUT2D eigenvalue weighted by molar-refractivity contribution is 6.13.